The van der Waals surface area contributed by atoms with Gasteiger partial charge in [-0.05, 0) is 12.1 Å². The molecule has 0 amide bonds. The number of nitriles is 1. The Kier molecular flexibility index (Phi) is 6.68. The maximum absolute atomic E-state index is 14.6. The van der Waals surface area contributed by atoms with Gasteiger partial charge in [-0.2, -0.15) is 18.4 Å². The van der Waals surface area contributed by atoms with Crippen LogP contribution in [-0.4, -0.2) is 50.5 Å². The van der Waals surface area contributed by atoms with Gasteiger partial charge in [0.25, 0.3) is 21.2 Å². The Labute approximate surface area is 182 Å². The van der Waals surface area contributed by atoms with Crippen molar-refractivity contribution in [3.05, 3.63) is 58.6 Å². The minimum atomic E-state index is -3.67. The lowest BCUT2D eigenvalue weighted by molar-refractivity contribution is -0.622. The number of halogens is 1. The Bertz CT molecular complexity index is 1280. The molecule has 1 aromatic carbocycles. The van der Waals surface area contributed by atoms with Gasteiger partial charge in [0.15, 0.2) is 11.9 Å². The fourth-order valence-corrected chi connectivity index (χ4v) is 3.21. The molecule has 2 aromatic heterocycles. The van der Waals surface area contributed by atoms with E-state index in [-0.39, 0.29) is 22.4 Å². The minimum absolute atomic E-state index is 0.0151. The number of hydrogen-bond donors (Lipinski definition) is 1. The number of benzene rings is 1. The molecule has 1 saturated heterocycles. The summed E-state index contributed by atoms with van der Waals surface area (Å²) in [4.78, 5) is 5.64. The zero-order valence-electron chi connectivity index (χ0n) is 16.8. The molecule has 0 saturated carbocycles. The van der Waals surface area contributed by atoms with Crippen LogP contribution in [-0.2, 0) is 14.9 Å². The highest BCUT2D eigenvalue weighted by Gasteiger charge is 2.31. The Morgan fingerprint density at radius 1 is 1.19 bits per heavy atom. The fourth-order valence-electron chi connectivity index (χ4n) is 3.21. The van der Waals surface area contributed by atoms with Crippen LogP contribution in [0.15, 0.2) is 36.7 Å². The highest BCUT2D eigenvalue weighted by atomic mass is 32.2. The first kappa shape index (κ1) is 23.1. The van der Waals surface area contributed by atoms with Crippen molar-refractivity contribution in [2.45, 2.75) is 0 Å². The number of aromatic nitrogens is 3. The predicted octanol–water partition coefficient (Wildman–Crippen LogP) is 0.520. The molecule has 1 aliphatic heterocycles. The maximum atomic E-state index is 14.6. The second kappa shape index (κ2) is 9.27. The van der Waals surface area contributed by atoms with Crippen molar-refractivity contribution in [3.63, 3.8) is 0 Å². The molecule has 1 fully saturated rings. The number of morpholine rings is 1. The molecule has 0 aliphatic carbocycles. The van der Waals surface area contributed by atoms with E-state index in [1.54, 1.807) is 11.0 Å². The molecule has 0 unspecified atom stereocenters. The van der Waals surface area contributed by atoms with Crippen LogP contribution in [0.1, 0.15) is 5.69 Å². The van der Waals surface area contributed by atoms with Gasteiger partial charge in [-0.15, -0.1) is 4.73 Å². The van der Waals surface area contributed by atoms with Crippen molar-refractivity contribution >= 4 is 26.8 Å². The maximum Gasteiger partial charge on any atom is 0.369 e. The quantitative estimate of drug-likeness (QED) is 0.325. The van der Waals surface area contributed by atoms with E-state index in [1.807, 2.05) is 0 Å². The highest BCUT2D eigenvalue weighted by molar-refractivity contribution is 7.85. The smallest absolute Gasteiger partial charge is 0.369 e. The number of ether oxygens (including phenoxy) is 1. The van der Waals surface area contributed by atoms with Gasteiger partial charge in [0.1, 0.15) is 0 Å². The summed E-state index contributed by atoms with van der Waals surface area (Å²) >= 11 is 0. The number of anilines is 1. The van der Waals surface area contributed by atoms with Crippen molar-refractivity contribution in [2.24, 2.45) is 0 Å². The van der Waals surface area contributed by atoms with Crippen LogP contribution in [0.2, 0.25) is 0 Å². The molecule has 32 heavy (non-hydrogen) atoms. The first-order valence-electron chi connectivity index (χ1n) is 9.19. The van der Waals surface area contributed by atoms with E-state index in [4.69, 9.17) is 9.29 Å². The van der Waals surface area contributed by atoms with Crippen LogP contribution in [0, 0.1) is 27.6 Å². The number of pyridine rings is 1. The molecule has 0 radical (unpaired) electrons. The summed E-state index contributed by atoms with van der Waals surface area (Å²) in [7, 11) is -3.67. The average molecular weight is 463 g/mol. The first-order valence-corrected chi connectivity index (χ1v) is 11.0. The second-order valence-corrected chi connectivity index (χ2v) is 8.22. The second-order valence-electron chi connectivity index (χ2n) is 6.76. The van der Waals surface area contributed by atoms with Crippen LogP contribution in [0.5, 0.6) is 0 Å². The summed E-state index contributed by atoms with van der Waals surface area (Å²) in [5.74, 6) is -0.630. The molecule has 0 spiro atoms. The molecule has 4 rings (SSSR count). The van der Waals surface area contributed by atoms with Gasteiger partial charge in [0, 0.05) is 31.5 Å². The summed E-state index contributed by atoms with van der Waals surface area (Å²) in [6.45, 7) is 1.86. The molecule has 0 atom stereocenters. The van der Waals surface area contributed by atoms with E-state index in [9.17, 15) is 28.5 Å². The first-order chi connectivity index (χ1) is 15.1. The lowest BCUT2D eigenvalue weighted by atomic mass is 10.1. The zero-order valence-corrected chi connectivity index (χ0v) is 17.6. The fraction of sp³-hybridized carbons (Fsp3) is 0.263. The Morgan fingerprint density at radius 2 is 1.75 bits per heavy atom. The van der Waals surface area contributed by atoms with Crippen molar-refractivity contribution in [2.75, 3.05) is 37.5 Å². The van der Waals surface area contributed by atoms with Gasteiger partial charge < -0.3 is 20.1 Å². The largest absolute Gasteiger partial charge is 0.617 e. The molecule has 11 nitrogen and oxygen atoms in total. The molecule has 13 heteroatoms. The van der Waals surface area contributed by atoms with Gasteiger partial charge in [-0.1, -0.05) is 0 Å². The SMILES string of the molecule is CS(=O)(=O)O.N#Cc1c(-c2ccncc2)[n+]([O-])c2cc(N3CCOCC3)c(F)cc2[n+]1[O-]. The van der Waals surface area contributed by atoms with Gasteiger partial charge >= 0.3 is 11.4 Å². The van der Waals surface area contributed by atoms with Crippen molar-refractivity contribution in [1.29, 1.82) is 5.26 Å². The Morgan fingerprint density at radius 3 is 2.31 bits per heavy atom. The van der Waals surface area contributed by atoms with Crippen LogP contribution in [0.4, 0.5) is 10.1 Å². The predicted molar refractivity (Wildman–Crippen MR) is 110 cm³/mol. The average Bonchev–Trinajstić information content (AvgIpc) is 2.76. The normalized spacial score (nSPS) is 13.9. The summed E-state index contributed by atoms with van der Waals surface area (Å²) in [5.41, 5.74) is -0.113. The van der Waals surface area contributed by atoms with E-state index < -0.39 is 21.6 Å². The van der Waals surface area contributed by atoms with E-state index >= 15 is 0 Å². The number of fused-ring (bicyclic) bond motifs is 1. The molecular formula is C19H18FN5O6S. The molecule has 168 valence electrons. The number of rotatable bonds is 2. The Hall–Kier alpha value is -3.60. The number of nitrogens with zero attached hydrogens (tertiary/aromatic N) is 5. The standard InChI is InChI=1S/C18H14FN5O3.CH4O3S/c19-13-9-15-16(10-14(13)22-5-7-27-8-6-22)24(26)18(17(11-20)23(15)25)12-1-3-21-4-2-12;1-5(2,3)4/h1-4,9-10H,5-8H2;1H3,(H,2,3,4). The van der Waals surface area contributed by atoms with Crippen molar-refractivity contribution in [3.8, 4) is 17.3 Å². The van der Waals surface area contributed by atoms with Gasteiger partial charge in [0.2, 0.25) is 0 Å². The summed E-state index contributed by atoms with van der Waals surface area (Å²) in [6.07, 6.45) is 3.63. The number of hydrogen-bond acceptors (Lipinski definition) is 8. The lowest BCUT2D eigenvalue weighted by Crippen LogP contribution is -2.44. The molecule has 1 N–H and O–H groups in total. The summed E-state index contributed by atoms with van der Waals surface area (Å²) in [5, 5.41) is 35.1. The Balaban J connectivity index is 0.000000523. The summed E-state index contributed by atoms with van der Waals surface area (Å²) in [6, 6.07) is 7.16. The lowest BCUT2D eigenvalue weighted by Gasteiger charge is -2.28. The highest BCUT2D eigenvalue weighted by Crippen LogP contribution is 2.26. The van der Waals surface area contributed by atoms with Crippen LogP contribution in [0.25, 0.3) is 22.3 Å². The third-order valence-corrected chi connectivity index (χ3v) is 4.52. The van der Waals surface area contributed by atoms with E-state index in [0.29, 0.717) is 47.6 Å². The van der Waals surface area contributed by atoms with Crippen molar-refractivity contribution < 1.29 is 31.6 Å². The topological polar surface area (TPSA) is 157 Å². The summed E-state index contributed by atoms with van der Waals surface area (Å²) < 4.78 is 46.6. The van der Waals surface area contributed by atoms with Crippen LogP contribution < -0.4 is 14.4 Å². The minimum Gasteiger partial charge on any atom is -0.617 e. The molecule has 3 heterocycles. The van der Waals surface area contributed by atoms with Gasteiger partial charge in [0.05, 0.1) is 36.8 Å². The van der Waals surface area contributed by atoms with Crippen molar-refractivity contribution in [1.82, 2.24) is 4.98 Å². The molecule has 3 aromatic rings. The van der Waals surface area contributed by atoms with E-state index in [1.165, 1.54) is 30.6 Å². The van der Waals surface area contributed by atoms with Crippen LogP contribution in [0.3, 0.4) is 0 Å². The molecule has 1 aliphatic rings. The van der Waals surface area contributed by atoms with Gasteiger partial charge in [-0.25, -0.2) is 4.39 Å². The van der Waals surface area contributed by atoms with E-state index in [2.05, 4.69) is 4.98 Å². The van der Waals surface area contributed by atoms with Gasteiger partial charge in [-0.3, -0.25) is 9.54 Å². The monoisotopic (exact) mass is 463 g/mol. The third-order valence-electron chi connectivity index (χ3n) is 4.52. The third kappa shape index (κ3) is 4.99. The molecular weight excluding hydrogens is 445 g/mol. The van der Waals surface area contributed by atoms with Crippen LogP contribution >= 0.6 is 0 Å². The zero-order chi connectivity index (χ0) is 23.5. The van der Waals surface area contributed by atoms with E-state index in [0.717, 1.165) is 6.07 Å². The molecule has 0 bridgehead atoms.